The minimum Gasteiger partial charge on any atom is -0.299 e. The molecule has 0 aliphatic carbocycles. The average molecular weight is 231 g/mol. The SMILES string of the molecule is CC(C)C(=O)Cc1ccc(Cl)cc1Cl. The van der Waals surface area contributed by atoms with E-state index in [2.05, 4.69) is 0 Å². The van der Waals surface area contributed by atoms with Gasteiger partial charge in [0.2, 0.25) is 0 Å². The molecule has 1 aromatic carbocycles. The first kappa shape index (κ1) is 11.5. The van der Waals surface area contributed by atoms with Crippen molar-refractivity contribution in [2.45, 2.75) is 20.3 Å². The summed E-state index contributed by atoms with van der Waals surface area (Å²) in [5, 5.41) is 1.15. The summed E-state index contributed by atoms with van der Waals surface area (Å²) in [6.45, 7) is 3.76. The Labute approximate surface area is 94.0 Å². The van der Waals surface area contributed by atoms with Crippen molar-refractivity contribution in [3.05, 3.63) is 33.8 Å². The van der Waals surface area contributed by atoms with Crippen LogP contribution in [0.4, 0.5) is 0 Å². The Kier molecular flexibility index (Phi) is 3.97. The summed E-state index contributed by atoms with van der Waals surface area (Å²) in [6.07, 6.45) is 0.383. The number of carbonyl (C=O) groups is 1. The van der Waals surface area contributed by atoms with Gasteiger partial charge in [-0.1, -0.05) is 43.1 Å². The molecule has 1 rings (SSSR count). The van der Waals surface area contributed by atoms with E-state index in [0.29, 0.717) is 16.5 Å². The third-order valence-electron chi connectivity index (χ3n) is 2.02. The molecule has 0 fully saturated rings. The first-order chi connectivity index (χ1) is 6.50. The van der Waals surface area contributed by atoms with E-state index in [-0.39, 0.29) is 11.7 Å². The van der Waals surface area contributed by atoms with Gasteiger partial charge in [0.05, 0.1) is 0 Å². The molecule has 1 nitrogen and oxygen atoms in total. The first-order valence-electron chi connectivity index (χ1n) is 4.47. The van der Waals surface area contributed by atoms with Gasteiger partial charge in [-0.3, -0.25) is 4.79 Å². The number of ketones is 1. The maximum Gasteiger partial charge on any atom is 0.139 e. The number of carbonyl (C=O) groups excluding carboxylic acids is 1. The van der Waals surface area contributed by atoms with Crippen molar-refractivity contribution in [3.63, 3.8) is 0 Å². The molecule has 0 heterocycles. The molecule has 0 saturated heterocycles. The van der Waals surface area contributed by atoms with E-state index in [1.807, 2.05) is 13.8 Å². The topological polar surface area (TPSA) is 17.1 Å². The molecule has 0 spiro atoms. The Morgan fingerprint density at radius 1 is 1.36 bits per heavy atom. The van der Waals surface area contributed by atoms with Gasteiger partial charge in [0.1, 0.15) is 5.78 Å². The normalized spacial score (nSPS) is 10.6. The molecule has 0 saturated carbocycles. The predicted octanol–water partition coefficient (Wildman–Crippen LogP) is 3.76. The molecule has 1 aromatic rings. The van der Waals surface area contributed by atoms with Crippen molar-refractivity contribution in [2.24, 2.45) is 5.92 Å². The number of Topliss-reactive ketones (excluding diaryl/α,β-unsaturated/α-hetero) is 1. The van der Waals surface area contributed by atoms with Gasteiger partial charge < -0.3 is 0 Å². The third-order valence-corrected chi connectivity index (χ3v) is 2.61. The Balaban J connectivity index is 2.82. The van der Waals surface area contributed by atoms with Crippen molar-refractivity contribution >= 4 is 29.0 Å². The van der Waals surface area contributed by atoms with E-state index in [0.717, 1.165) is 5.56 Å². The second kappa shape index (κ2) is 4.81. The molecule has 0 amide bonds. The molecule has 0 radical (unpaired) electrons. The molecule has 0 aromatic heterocycles. The number of hydrogen-bond acceptors (Lipinski definition) is 1. The minimum atomic E-state index is 0.0433. The summed E-state index contributed by atoms with van der Waals surface area (Å²) in [7, 11) is 0. The summed E-state index contributed by atoms with van der Waals surface area (Å²) in [6, 6.07) is 5.20. The molecule has 14 heavy (non-hydrogen) atoms. The molecule has 0 atom stereocenters. The Hall–Kier alpha value is -0.530. The number of benzene rings is 1. The quantitative estimate of drug-likeness (QED) is 0.773. The zero-order valence-corrected chi connectivity index (χ0v) is 9.69. The van der Waals surface area contributed by atoms with E-state index >= 15 is 0 Å². The van der Waals surface area contributed by atoms with Crippen LogP contribution in [0.15, 0.2) is 18.2 Å². The van der Waals surface area contributed by atoms with Gasteiger partial charge in [-0.05, 0) is 17.7 Å². The van der Waals surface area contributed by atoms with Crippen LogP contribution in [0.1, 0.15) is 19.4 Å². The molecule has 0 aliphatic rings. The minimum absolute atomic E-state index is 0.0433. The van der Waals surface area contributed by atoms with Crippen LogP contribution in [0.3, 0.4) is 0 Å². The van der Waals surface area contributed by atoms with E-state index in [4.69, 9.17) is 23.2 Å². The van der Waals surface area contributed by atoms with Gasteiger partial charge in [-0.15, -0.1) is 0 Å². The monoisotopic (exact) mass is 230 g/mol. The van der Waals surface area contributed by atoms with Crippen LogP contribution >= 0.6 is 23.2 Å². The highest BCUT2D eigenvalue weighted by Crippen LogP contribution is 2.22. The summed E-state index contributed by atoms with van der Waals surface area (Å²) in [5.41, 5.74) is 0.842. The third kappa shape index (κ3) is 3.00. The lowest BCUT2D eigenvalue weighted by molar-refractivity contribution is -0.121. The largest absolute Gasteiger partial charge is 0.299 e. The van der Waals surface area contributed by atoms with Gasteiger partial charge >= 0.3 is 0 Å². The lowest BCUT2D eigenvalue weighted by Crippen LogP contribution is -2.10. The summed E-state index contributed by atoms with van der Waals surface area (Å²) >= 11 is 11.7. The van der Waals surface area contributed by atoms with Gasteiger partial charge in [-0.25, -0.2) is 0 Å². The van der Waals surface area contributed by atoms with E-state index in [9.17, 15) is 4.79 Å². The molecular formula is C11H12Cl2O. The van der Waals surface area contributed by atoms with Crippen molar-refractivity contribution in [2.75, 3.05) is 0 Å². The van der Waals surface area contributed by atoms with Crippen LogP contribution in [-0.4, -0.2) is 5.78 Å². The lowest BCUT2D eigenvalue weighted by Gasteiger charge is -2.06. The average Bonchev–Trinajstić information content (AvgIpc) is 2.09. The van der Waals surface area contributed by atoms with Crippen molar-refractivity contribution in [1.29, 1.82) is 0 Å². The van der Waals surface area contributed by atoms with Crippen LogP contribution in [0.5, 0.6) is 0 Å². The predicted molar refractivity (Wildman–Crippen MR) is 60.0 cm³/mol. The molecule has 0 N–H and O–H groups in total. The second-order valence-corrected chi connectivity index (χ2v) is 4.38. The van der Waals surface area contributed by atoms with E-state index < -0.39 is 0 Å². The molecule has 3 heteroatoms. The molecular weight excluding hydrogens is 219 g/mol. The van der Waals surface area contributed by atoms with Crippen LogP contribution in [0, 0.1) is 5.92 Å². The van der Waals surface area contributed by atoms with Gasteiger partial charge in [0, 0.05) is 22.4 Å². The number of halogens is 2. The van der Waals surface area contributed by atoms with E-state index in [1.165, 1.54) is 0 Å². The molecule has 76 valence electrons. The van der Waals surface area contributed by atoms with Crippen molar-refractivity contribution in [1.82, 2.24) is 0 Å². The van der Waals surface area contributed by atoms with Crippen molar-refractivity contribution < 1.29 is 4.79 Å². The lowest BCUT2D eigenvalue weighted by atomic mass is 10.0. The zero-order chi connectivity index (χ0) is 10.7. The van der Waals surface area contributed by atoms with E-state index in [1.54, 1.807) is 18.2 Å². The Bertz CT molecular complexity index is 345. The fourth-order valence-corrected chi connectivity index (χ4v) is 1.53. The summed E-state index contributed by atoms with van der Waals surface area (Å²) in [5.74, 6) is 0.232. The first-order valence-corrected chi connectivity index (χ1v) is 5.23. The molecule has 0 bridgehead atoms. The zero-order valence-electron chi connectivity index (χ0n) is 8.18. The second-order valence-electron chi connectivity index (χ2n) is 3.53. The summed E-state index contributed by atoms with van der Waals surface area (Å²) < 4.78 is 0. The highest BCUT2D eigenvalue weighted by atomic mass is 35.5. The molecule has 0 unspecified atom stereocenters. The van der Waals surface area contributed by atoms with Crippen LogP contribution in [-0.2, 0) is 11.2 Å². The van der Waals surface area contributed by atoms with Crippen LogP contribution in [0.25, 0.3) is 0 Å². The highest BCUT2D eigenvalue weighted by molar-refractivity contribution is 6.35. The van der Waals surface area contributed by atoms with Crippen LogP contribution in [0.2, 0.25) is 10.0 Å². The maximum atomic E-state index is 11.5. The van der Waals surface area contributed by atoms with Crippen LogP contribution < -0.4 is 0 Å². The number of hydrogen-bond donors (Lipinski definition) is 0. The summed E-state index contributed by atoms with van der Waals surface area (Å²) in [4.78, 5) is 11.5. The molecule has 0 aliphatic heterocycles. The van der Waals surface area contributed by atoms with Crippen molar-refractivity contribution in [3.8, 4) is 0 Å². The Morgan fingerprint density at radius 3 is 2.50 bits per heavy atom. The Morgan fingerprint density at radius 2 is 2.00 bits per heavy atom. The fraction of sp³-hybridized carbons (Fsp3) is 0.364. The highest BCUT2D eigenvalue weighted by Gasteiger charge is 2.10. The smallest absolute Gasteiger partial charge is 0.139 e. The fourth-order valence-electron chi connectivity index (χ4n) is 1.06. The van der Waals surface area contributed by atoms with Gasteiger partial charge in [0.15, 0.2) is 0 Å². The number of rotatable bonds is 3. The van der Waals surface area contributed by atoms with Gasteiger partial charge in [-0.2, -0.15) is 0 Å². The standard InChI is InChI=1S/C11H12Cl2O/c1-7(2)11(14)5-8-3-4-9(12)6-10(8)13/h3-4,6-7H,5H2,1-2H3. The maximum absolute atomic E-state index is 11.5. The van der Waals surface area contributed by atoms with Gasteiger partial charge in [0.25, 0.3) is 0 Å².